The molecule has 4 aromatic rings. The van der Waals surface area contributed by atoms with Gasteiger partial charge in [0.15, 0.2) is 5.82 Å². The standard InChI is InChI=1S/C28H31N5O/c1-17(29)15-32-8-7-19-9-24-22(11-21(19)27(32)34)30-26(31(24)2)25-10-20-5-3-4-6-23(20)33(25)16-28-12-18(13-28)14-28/h3-6,9-11,17-18H,7-8,12-16,29H2,1-2H3/t17-,18?,28?/m1/s1. The molecule has 4 aliphatic rings. The van der Waals surface area contributed by atoms with Crippen LogP contribution in [0.15, 0.2) is 42.5 Å². The third kappa shape index (κ3) is 2.84. The predicted octanol–water partition coefficient (Wildman–Crippen LogP) is 4.34. The van der Waals surface area contributed by atoms with Crippen LogP contribution in [0.5, 0.6) is 0 Å². The highest BCUT2D eigenvalue weighted by Crippen LogP contribution is 2.65. The van der Waals surface area contributed by atoms with Gasteiger partial charge in [0.25, 0.3) is 5.91 Å². The van der Waals surface area contributed by atoms with Crippen molar-refractivity contribution in [3.05, 3.63) is 53.6 Å². The summed E-state index contributed by atoms with van der Waals surface area (Å²) < 4.78 is 4.71. The zero-order valence-corrected chi connectivity index (χ0v) is 19.9. The summed E-state index contributed by atoms with van der Waals surface area (Å²) in [4.78, 5) is 20.1. The molecule has 2 N–H and O–H groups in total. The molecule has 6 heteroatoms. The number of nitrogens with zero attached hydrogens (tertiary/aromatic N) is 4. The molecule has 3 heterocycles. The summed E-state index contributed by atoms with van der Waals surface area (Å²) in [6, 6.07) is 15.1. The van der Waals surface area contributed by atoms with Crippen molar-refractivity contribution in [3.63, 3.8) is 0 Å². The molecule has 3 saturated carbocycles. The van der Waals surface area contributed by atoms with E-state index in [0.29, 0.717) is 12.0 Å². The van der Waals surface area contributed by atoms with Gasteiger partial charge < -0.3 is 19.8 Å². The average Bonchev–Trinajstić information content (AvgIpc) is 3.28. The number of para-hydroxylation sites is 1. The highest BCUT2D eigenvalue weighted by atomic mass is 16.2. The van der Waals surface area contributed by atoms with Gasteiger partial charge in [-0.15, -0.1) is 0 Å². The smallest absolute Gasteiger partial charge is 0.254 e. The number of carbonyl (C=O) groups is 1. The minimum atomic E-state index is -0.0290. The molecule has 2 bridgehead atoms. The molecule has 3 aliphatic carbocycles. The monoisotopic (exact) mass is 453 g/mol. The van der Waals surface area contributed by atoms with Crippen LogP contribution in [0.1, 0.15) is 42.1 Å². The van der Waals surface area contributed by atoms with Crippen LogP contribution >= 0.6 is 0 Å². The quantitative estimate of drug-likeness (QED) is 0.489. The third-order valence-electron chi connectivity index (χ3n) is 8.48. The van der Waals surface area contributed by atoms with Crippen LogP contribution in [-0.4, -0.2) is 44.1 Å². The van der Waals surface area contributed by atoms with Crippen molar-refractivity contribution in [3.8, 4) is 11.5 Å². The summed E-state index contributed by atoms with van der Waals surface area (Å²) in [5, 5.41) is 1.26. The molecular formula is C28H31N5O. The van der Waals surface area contributed by atoms with Crippen LogP contribution in [0.2, 0.25) is 0 Å². The van der Waals surface area contributed by atoms with Gasteiger partial charge in [0.05, 0.1) is 16.7 Å². The van der Waals surface area contributed by atoms with Gasteiger partial charge in [0, 0.05) is 49.2 Å². The second-order valence-electron chi connectivity index (χ2n) is 11.1. The van der Waals surface area contributed by atoms with Crippen LogP contribution in [-0.2, 0) is 20.0 Å². The lowest BCUT2D eigenvalue weighted by Crippen LogP contribution is -2.54. The van der Waals surface area contributed by atoms with E-state index >= 15 is 0 Å². The summed E-state index contributed by atoms with van der Waals surface area (Å²) in [5.74, 6) is 2.01. The van der Waals surface area contributed by atoms with Crippen LogP contribution in [0, 0.1) is 11.3 Å². The van der Waals surface area contributed by atoms with E-state index in [9.17, 15) is 4.79 Å². The highest BCUT2D eigenvalue weighted by molar-refractivity contribution is 6.00. The lowest BCUT2D eigenvalue weighted by atomic mass is 9.44. The molecule has 174 valence electrons. The summed E-state index contributed by atoms with van der Waals surface area (Å²) in [6.07, 6.45) is 4.96. The van der Waals surface area contributed by atoms with Crippen molar-refractivity contribution in [2.75, 3.05) is 13.1 Å². The molecule has 1 aliphatic heterocycles. The number of benzene rings is 2. The zero-order chi connectivity index (χ0) is 23.2. The van der Waals surface area contributed by atoms with E-state index in [-0.39, 0.29) is 11.9 Å². The van der Waals surface area contributed by atoms with Gasteiger partial charge in [-0.05, 0) is 73.8 Å². The molecule has 3 fully saturated rings. The first kappa shape index (κ1) is 20.3. The van der Waals surface area contributed by atoms with E-state index in [1.165, 1.54) is 35.9 Å². The van der Waals surface area contributed by atoms with E-state index in [1.807, 2.05) is 17.9 Å². The Kier molecular flexibility index (Phi) is 4.14. The van der Waals surface area contributed by atoms with Crippen molar-refractivity contribution in [1.29, 1.82) is 0 Å². The Balaban J connectivity index is 1.35. The first-order valence-electron chi connectivity index (χ1n) is 12.5. The zero-order valence-electron chi connectivity index (χ0n) is 19.9. The number of rotatable bonds is 5. The molecule has 8 rings (SSSR count). The van der Waals surface area contributed by atoms with Crippen molar-refractivity contribution in [2.45, 2.75) is 45.2 Å². The molecule has 1 amide bonds. The highest BCUT2D eigenvalue weighted by Gasteiger charge is 2.56. The van der Waals surface area contributed by atoms with Gasteiger partial charge in [-0.25, -0.2) is 4.98 Å². The molecule has 6 nitrogen and oxygen atoms in total. The summed E-state index contributed by atoms with van der Waals surface area (Å²) in [6.45, 7) is 4.33. The Morgan fingerprint density at radius 2 is 1.94 bits per heavy atom. The SMILES string of the molecule is C[C@@H](N)CN1CCc2cc3c(cc2C1=O)nc(-c1cc2ccccc2n1CC12CC(C1)C2)n3C. The molecule has 0 unspecified atom stereocenters. The number of imidazole rings is 1. The molecule has 34 heavy (non-hydrogen) atoms. The largest absolute Gasteiger partial charge is 0.337 e. The summed E-state index contributed by atoms with van der Waals surface area (Å²) in [7, 11) is 2.10. The molecule has 2 aromatic heterocycles. The van der Waals surface area contributed by atoms with E-state index in [2.05, 4.69) is 52.6 Å². The van der Waals surface area contributed by atoms with Gasteiger partial charge in [-0.1, -0.05) is 18.2 Å². The van der Waals surface area contributed by atoms with E-state index in [0.717, 1.165) is 53.4 Å². The van der Waals surface area contributed by atoms with E-state index in [1.54, 1.807) is 0 Å². The second-order valence-corrected chi connectivity index (χ2v) is 11.1. The number of fused-ring (bicyclic) bond motifs is 3. The first-order valence-corrected chi connectivity index (χ1v) is 12.5. The normalized spacial score (nSPS) is 24.3. The number of nitrogens with two attached hydrogens (primary N) is 1. The predicted molar refractivity (Wildman–Crippen MR) is 135 cm³/mol. The maximum absolute atomic E-state index is 13.2. The van der Waals surface area contributed by atoms with Gasteiger partial charge in [0.2, 0.25) is 0 Å². The molecule has 0 saturated heterocycles. The van der Waals surface area contributed by atoms with Crippen molar-refractivity contribution in [1.82, 2.24) is 19.0 Å². The Labute approximate surface area is 199 Å². The number of carbonyl (C=O) groups excluding carboxylic acids is 1. The summed E-state index contributed by atoms with van der Waals surface area (Å²) in [5.41, 5.74) is 12.8. The van der Waals surface area contributed by atoms with Crippen molar-refractivity contribution < 1.29 is 4.79 Å². The second kappa shape index (κ2) is 6.95. The van der Waals surface area contributed by atoms with Crippen molar-refractivity contribution >= 4 is 27.8 Å². The minimum absolute atomic E-state index is 0.0290. The van der Waals surface area contributed by atoms with Crippen LogP contribution in [0.4, 0.5) is 0 Å². The summed E-state index contributed by atoms with van der Waals surface area (Å²) >= 11 is 0. The van der Waals surface area contributed by atoms with Crippen molar-refractivity contribution in [2.24, 2.45) is 24.1 Å². The number of hydrogen-bond donors (Lipinski definition) is 1. The number of aryl methyl sites for hydroxylation is 1. The Morgan fingerprint density at radius 3 is 2.68 bits per heavy atom. The fourth-order valence-corrected chi connectivity index (χ4v) is 6.72. The van der Waals surface area contributed by atoms with Crippen LogP contribution in [0.3, 0.4) is 0 Å². The fourth-order valence-electron chi connectivity index (χ4n) is 6.72. The van der Waals surface area contributed by atoms with Gasteiger partial charge >= 0.3 is 0 Å². The van der Waals surface area contributed by atoms with Gasteiger partial charge in [-0.2, -0.15) is 0 Å². The molecule has 2 aromatic carbocycles. The number of hydrogen-bond acceptors (Lipinski definition) is 3. The maximum atomic E-state index is 13.2. The number of aromatic nitrogens is 3. The fraction of sp³-hybridized carbons (Fsp3) is 0.429. The van der Waals surface area contributed by atoms with Gasteiger partial charge in [-0.3, -0.25) is 4.79 Å². The minimum Gasteiger partial charge on any atom is -0.337 e. The maximum Gasteiger partial charge on any atom is 0.254 e. The average molecular weight is 454 g/mol. The van der Waals surface area contributed by atoms with Crippen LogP contribution < -0.4 is 5.73 Å². The first-order chi connectivity index (χ1) is 16.4. The van der Waals surface area contributed by atoms with E-state index < -0.39 is 0 Å². The Hall–Kier alpha value is -3.12. The lowest BCUT2D eigenvalue weighted by Gasteiger charge is -2.62. The Morgan fingerprint density at radius 1 is 1.15 bits per heavy atom. The van der Waals surface area contributed by atoms with Gasteiger partial charge in [0.1, 0.15) is 0 Å². The topological polar surface area (TPSA) is 69.1 Å². The van der Waals surface area contributed by atoms with Crippen LogP contribution in [0.25, 0.3) is 33.5 Å². The number of amides is 1. The third-order valence-corrected chi connectivity index (χ3v) is 8.48. The van der Waals surface area contributed by atoms with E-state index in [4.69, 9.17) is 10.7 Å². The Bertz CT molecular complexity index is 1460. The molecular weight excluding hydrogens is 422 g/mol. The molecule has 0 radical (unpaired) electrons. The molecule has 0 spiro atoms. The molecule has 1 atom stereocenters. The lowest BCUT2D eigenvalue weighted by molar-refractivity contribution is -0.117.